The molecule has 0 fully saturated rings. The molecule has 0 aliphatic rings. The maximum atomic E-state index is 11.9. The third-order valence-corrected chi connectivity index (χ3v) is 3.50. The van der Waals surface area contributed by atoms with Gasteiger partial charge in [-0.25, -0.2) is 0 Å². The van der Waals surface area contributed by atoms with E-state index in [4.69, 9.17) is 4.74 Å². The van der Waals surface area contributed by atoms with E-state index in [-0.39, 0.29) is 18.2 Å². The lowest BCUT2D eigenvalue weighted by Gasteiger charge is -2.08. The lowest BCUT2D eigenvalue weighted by atomic mass is 10.1. The van der Waals surface area contributed by atoms with Crippen molar-refractivity contribution in [3.8, 4) is 5.75 Å². The maximum absolute atomic E-state index is 11.9. The Balaban J connectivity index is 1.64. The van der Waals surface area contributed by atoms with E-state index in [1.165, 1.54) is 0 Å². The molecular formula is C19H22N2O3. The van der Waals surface area contributed by atoms with E-state index < -0.39 is 0 Å². The number of hydrazine groups is 1. The van der Waals surface area contributed by atoms with Crippen LogP contribution in [0.15, 0.2) is 54.6 Å². The molecule has 0 saturated carbocycles. The van der Waals surface area contributed by atoms with E-state index in [9.17, 15) is 9.59 Å². The highest BCUT2D eigenvalue weighted by Gasteiger charge is 2.07. The first-order chi connectivity index (χ1) is 11.7. The molecule has 2 rings (SSSR count). The SMILES string of the molecule is CCc1ccc(C(=O)NNC(=O)CCCOc2ccccc2)cc1. The van der Waals surface area contributed by atoms with Gasteiger partial charge in [0.1, 0.15) is 5.75 Å². The van der Waals surface area contributed by atoms with Crippen LogP contribution in [0.3, 0.4) is 0 Å². The first-order valence-corrected chi connectivity index (χ1v) is 8.05. The molecule has 0 atom stereocenters. The zero-order chi connectivity index (χ0) is 17.2. The Hall–Kier alpha value is -2.82. The van der Waals surface area contributed by atoms with Gasteiger partial charge in [0.2, 0.25) is 5.91 Å². The van der Waals surface area contributed by atoms with Crippen molar-refractivity contribution in [2.75, 3.05) is 6.61 Å². The maximum Gasteiger partial charge on any atom is 0.269 e. The summed E-state index contributed by atoms with van der Waals surface area (Å²) >= 11 is 0. The monoisotopic (exact) mass is 326 g/mol. The molecule has 0 unspecified atom stereocenters. The number of carbonyl (C=O) groups is 2. The third kappa shape index (κ3) is 5.76. The minimum absolute atomic E-state index is 0.245. The van der Waals surface area contributed by atoms with Gasteiger partial charge in [-0.3, -0.25) is 20.4 Å². The van der Waals surface area contributed by atoms with Crippen molar-refractivity contribution in [1.29, 1.82) is 0 Å². The molecule has 0 radical (unpaired) electrons. The summed E-state index contributed by atoms with van der Waals surface area (Å²) in [6.45, 7) is 2.50. The summed E-state index contributed by atoms with van der Waals surface area (Å²) in [4.78, 5) is 23.6. The minimum Gasteiger partial charge on any atom is -0.494 e. The fraction of sp³-hybridized carbons (Fsp3) is 0.263. The van der Waals surface area contributed by atoms with Crippen molar-refractivity contribution >= 4 is 11.8 Å². The molecule has 24 heavy (non-hydrogen) atoms. The summed E-state index contributed by atoms with van der Waals surface area (Å²) in [5.41, 5.74) is 6.50. The Morgan fingerprint density at radius 3 is 2.33 bits per heavy atom. The number of aryl methyl sites for hydroxylation is 1. The first kappa shape index (κ1) is 17.5. The largest absolute Gasteiger partial charge is 0.494 e. The van der Waals surface area contributed by atoms with Crippen LogP contribution in [0.25, 0.3) is 0 Å². The van der Waals surface area contributed by atoms with E-state index in [0.717, 1.165) is 17.7 Å². The van der Waals surface area contributed by atoms with Gasteiger partial charge < -0.3 is 4.74 Å². The molecule has 2 aromatic carbocycles. The molecule has 0 heterocycles. The summed E-state index contributed by atoms with van der Waals surface area (Å²) in [6, 6.07) is 16.7. The number of rotatable bonds is 7. The van der Waals surface area contributed by atoms with E-state index >= 15 is 0 Å². The predicted molar refractivity (Wildman–Crippen MR) is 92.6 cm³/mol. The minimum atomic E-state index is -0.327. The van der Waals surface area contributed by atoms with Crippen LogP contribution in [0, 0.1) is 0 Å². The van der Waals surface area contributed by atoms with Crippen LogP contribution in [0.4, 0.5) is 0 Å². The normalized spacial score (nSPS) is 10.0. The van der Waals surface area contributed by atoms with Crippen LogP contribution in [-0.4, -0.2) is 18.4 Å². The molecule has 0 saturated heterocycles. The van der Waals surface area contributed by atoms with Gasteiger partial charge in [-0.05, 0) is 42.7 Å². The predicted octanol–water partition coefficient (Wildman–Crippen LogP) is 2.87. The quantitative estimate of drug-likeness (QED) is 0.607. The fourth-order valence-corrected chi connectivity index (χ4v) is 2.09. The standard InChI is InChI=1S/C19H22N2O3/c1-2-15-10-12-16(13-11-15)19(23)21-20-18(22)9-6-14-24-17-7-4-3-5-8-17/h3-5,7-8,10-13H,2,6,9,14H2,1H3,(H,20,22)(H,21,23). The van der Waals surface area contributed by atoms with Crippen molar-refractivity contribution in [3.05, 3.63) is 65.7 Å². The second-order valence-corrected chi connectivity index (χ2v) is 5.32. The lowest BCUT2D eigenvalue weighted by Crippen LogP contribution is -2.41. The number of benzene rings is 2. The van der Waals surface area contributed by atoms with Gasteiger partial charge in [0, 0.05) is 12.0 Å². The number of para-hydroxylation sites is 1. The van der Waals surface area contributed by atoms with Crippen LogP contribution in [-0.2, 0) is 11.2 Å². The van der Waals surface area contributed by atoms with Gasteiger partial charge in [0.15, 0.2) is 0 Å². The Kier molecular flexibility index (Phi) is 6.83. The molecule has 5 nitrogen and oxygen atoms in total. The average molecular weight is 326 g/mol. The van der Waals surface area contributed by atoms with Gasteiger partial charge in [-0.15, -0.1) is 0 Å². The van der Waals surface area contributed by atoms with Gasteiger partial charge >= 0.3 is 0 Å². The van der Waals surface area contributed by atoms with E-state index in [1.54, 1.807) is 12.1 Å². The molecule has 2 aromatic rings. The van der Waals surface area contributed by atoms with E-state index in [0.29, 0.717) is 18.6 Å². The Bertz CT molecular complexity index is 654. The van der Waals surface area contributed by atoms with Crippen molar-refractivity contribution in [2.24, 2.45) is 0 Å². The molecule has 0 aliphatic carbocycles. The van der Waals surface area contributed by atoms with Crippen molar-refractivity contribution < 1.29 is 14.3 Å². The van der Waals surface area contributed by atoms with Crippen LogP contribution < -0.4 is 15.6 Å². The number of amides is 2. The smallest absolute Gasteiger partial charge is 0.269 e. The van der Waals surface area contributed by atoms with Crippen LogP contribution >= 0.6 is 0 Å². The number of hydrogen-bond acceptors (Lipinski definition) is 3. The Labute approximate surface area is 142 Å². The van der Waals surface area contributed by atoms with E-state index in [2.05, 4.69) is 17.8 Å². The van der Waals surface area contributed by atoms with Crippen LogP contribution in [0.1, 0.15) is 35.7 Å². The molecule has 0 bridgehead atoms. The average Bonchev–Trinajstić information content (AvgIpc) is 2.64. The molecule has 0 aliphatic heterocycles. The Morgan fingerprint density at radius 1 is 0.958 bits per heavy atom. The van der Waals surface area contributed by atoms with Gasteiger partial charge in [0.05, 0.1) is 6.61 Å². The molecule has 0 aromatic heterocycles. The summed E-state index contributed by atoms with van der Waals surface area (Å²) in [6.07, 6.45) is 1.77. The molecule has 2 N–H and O–H groups in total. The van der Waals surface area contributed by atoms with Crippen molar-refractivity contribution in [1.82, 2.24) is 10.9 Å². The van der Waals surface area contributed by atoms with Gasteiger partial charge in [0.25, 0.3) is 5.91 Å². The Morgan fingerprint density at radius 2 is 1.67 bits per heavy atom. The first-order valence-electron chi connectivity index (χ1n) is 8.05. The van der Waals surface area contributed by atoms with E-state index in [1.807, 2.05) is 42.5 Å². The molecule has 0 spiro atoms. The number of carbonyl (C=O) groups excluding carboxylic acids is 2. The highest BCUT2D eigenvalue weighted by molar-refractivity contribution is 5.95. The number of ether oxygens (including phenoxy) is 1. The van der Waals surface area contributed by atoms with Crippen LogP contribution in [0.2, 0.25) is 0 Å². The summed E-state index contributed by atoms with van der Waals surface area (Å²) in [5.74, 6) is 0.207. The zero-order valence-corrected chi connectivity index (χ0v) is 13.7. The summed E-state index contributed by atoms with van der Waals surface area (Å²) < 4.78 is 5.51. The second-order valence-electron chi connectivity index (χ2n) is 5.32. The fourth-order valence-electron chi connectivity index (χ4n) is 2.09. The zero-order valence-electron chi connectivity index (χ0n) is 13.7. The summed E-state index contributed by atoms with van der Waals surface area (Å²) in [5, 5.41) is 0. The van der Waals surface area contributed by atoms with Crippen molar-refractivity contribution in [3.63, 3.8) is 0 Å². The third-order valence-electron chi connectivity index (χ3n) is 3.50. The highest BCUT2D eigenvalue weighted by Crippen LogP contribution is 2.08. The molecule has 5 heteroatoms. The van der Waals surface area contributed by atoms with Crippen LogP contribution in [0.5, 0.6) is 5.75 Å². The van der Waals surface area contributed by atoms with Gasteiger partial charge in [-0.2, -0.15) is 0 Å². The lowest BCUT2D eigenvalue weighted by molar-refractivity contribution is -0.122. The van der Waals surface area contributed by atoms with Crippen molar-refractivity contribution in [2.45, 2.75) is 26.2 Å². The van der Waals surface area contributed by atoms with Gasteiger partial charge in [-0.1, -0.05) is 37.3 Å². The second kappa shape index (κ2) is 9.35. The summed E-state index contributed by atoms with van der Waals surface area (Å²) in [7, 11) is 0. The molecular weight excluding hydrogens is 304 g/mol. The number of nitrogens with one attached hydrogen (secondary N) is 2. The number of hydrogen-bond donors (Lipinski definition) is 2. The topological polar surface area (TPSA) is 67.4 Å². The molecule has 126 valence electrons. The highest BCUT2D eigenvalue weighted by atomic mass is 16.5. The molecule has 2 amide bonds.